The SMILES string of the molecule is OCC(O)C(CO)NCc1cncc(CNC(CO)C(O)CO)n1. The Bertz CT molecular complexity index is 429. The second-order valence-corrected chi connectivity index (χ2v) is 5.34. The third-order valence-corrected chi connectivity index (χ3v) is 3.52. The largest absolute Gasteiger partial charge is 0.395 e. The van der Waals surface area contributed by atoms with E-state index in [-0.39, 0.29) is 26.3 Å². The summed E-state index contributed by atoms with van der Waals surface area (Å²) in [5.74, 6) is 0. The average Bonchev–Trinajstić information content (AvgIpc) is 2.62. The summed E-state index contributed by atoms with van der Waals surface area (Å²) >= 11 is 0. The van der Waals surface area contributed by atoms with Gasteiger partial charge in [-0.05, 0) is 0 Å². The number of aromatic nitrogens is 2. The fourth-order valence-electron chi connectivity index (χ4n) is 1.99. The maximum absolute atomic E-state index is 9.51. The van der Waals surface area contributed by atoms with Crippen LogP contribution in [0.5, 0.6) is 0 Å². The van der Waals surface area contributed by atoms with Gasteiger partial charge in [0, 0.05) is 25.5 Å². The van der Waals surface area contributed by atoms with Crippen molar-refractivity contribution in [3.05, 3.63) is 23.8 Å². The van der Waals surface area contributed by atoms with Gasteiger partial charge in [-0.25, -0.2) is 0 Å². The van der Waals surface area contributed by atoms with Crippen LogP contribution in [0.3, 0.4) is 0 Å². The van der Waals surface area contributed by atoms with Crippen LogP contribution in [0.1, 0.15) is 11.4 Å². The zero-order valence-corrected chi connectivity index (χ0v) is 13.3. The highest BCUT2D eigenvalue weighted by Crippen LogP contribution is 2.01. The van der Waals surface area contributed by atoms with Gasteiger partial charge in [0.2, 0.25) is 0 Å². The number of nitrogens with zero attached hydrogens (tertiary/aromatic N) is 2. The number of rotatable bonds is 12. The molecule has 4 atom stereocenters. The highest BCUT2D eigenvalue weighted by molar-refractivity contribution is 5.03. The predicted molar refractivity (Wildman–Crippen MR) is 83.6 cm³/mol. The molecule has 1 aromatic heterocycles. The summed E-state index contributed by atoms with van der Waals surface area (Å²) in [5, 5.41) is 60.9. The Hall–Kier alpha value is -1.24. The van der Waals surface area contributed by atoms with Crippen LogP contribution in [0, 0.1) is 0 Å². The van der Waals surface area contributed by atoms with Crippen LogP contribution in [-0.2, 0) is 13.1 Å². The minimum absolute atomic E-state index is 0.228. The number of hydrogen-bond donors (Lipinski definition) is 8. The van der Waals surface area contributed by atoms with Crippen molar-refractivity contribution in [1.29, 1.82) is 0 Å². The van der Waals surface area contributed by atoms with Gasteiger partial charge in [-0.15, -0.1) is 0 Å². The van der Waals surface area contributed by atoms with Crippen molar-refractivity contribution in [2.75, 3.05) is 26.4 Å². The molecule has 0 amide bonds. The molecule has 0 radical (unpaired) electrons. The molecular weight excluding hydrogens is 320 g/mol. The van der Waals surface area contributed by atoms with Gasteiger partial charge < -0.3 is 41.3 Å². The summed E-state index contributed by atoms with van der Waals surface area (Å²) in [5.41, 5.74) is 1.11. The predicted octanol–water partition coefficient (Wildman–Crippen LogP) is -3.92. The summed E-state index contributed by atoms with van der Waals surface area (Å²) in [6.07, 6.45) is 0.862. The smallest absolute Gasteiger partial charge is 0.0945 e. The molecule has 0 fully saturated rings. The maximum atomic E-state index is 9.51. The molecule has 10 nitrogen and oxygen atoms in total. The molecule has 0 aliphatic heterocycles. The van der Waals surface area contributed by atoms with E-state index in [1.54, 1.807) is 0 Å². The molecular formula is C14H26N4O6. The van der Waals surface area contributed by atoms with E-state index >= 15 is 0 Å². The van der Waals surface area contributed by atoms with E-state index in [1.165, 1.54) is 12.4 Å². The average molecular weight is 346 g/mol. The Morgan fingerprint density at radius 3 is 1.50 bits per heavy atom. The Morgan fingerprint density at radius 1 is 0.750 bits per heavy atom. The first-order chi connectivity index (χ1) is 11.5. The second kappa shape index (κ2) is 11.3. The second-order valence-electron chi connectivity index (χ2n) is 5.34. The van der Waals surface area contributed by atoms with Gasteiger partial charge in [0.15, 0.2) is 0 Å². The van der Waals surface area contributed by atoms with Crippen LogP contribution in [0.4, 0.5) is 0 Å². The van der Waals surface area contributed by atoms with Gasteiger partial charge in [0.05, 0.1) is 62.1 Å². The molecule has 1 aromatic rings. The normalized spacial score (nSPS) is 16.6. The van der Waals surface area contributed by atoms with Crippen molar-refractivity contribution in [2.45, 2.75) is 37.4 Å². The third-order valence-electron chi connectivity index (χ3n) is 3.52. The van der Waals surface area contributed by atoms with Crippen LogP contribution >= 0.6 is 0 Å². The first-order valence-electron chi connectivity index (χ1n) is 7.61. The summed E-state index contributed by atoms with van der Waals surface area (Å²) in [6, 6.07) is -1.37. The van der Waals surface area contributed by atoms with E-state index < -0.39 is 37.5 Å². The van der Waals surface area contributed by atoms with Gasteiger partial charge in [0.25, 0.3) is 0 Å². The van der Waals surface area contributed by atoms with Gasteiger partial charge in [-0.3, -0.25) is 9.97 Å². The highest BCUT2D eigenvalue weighted by Gasteiger charge is 2.18. The minimum atomic E-state index is -1.09. The Kier molecular flexibility index (Phi) is 9.83. The minimum Gasteiger partial charge on any atom is -0.395 e. The molecule has 0 bridgehead atoms. The van der Waals surface area contributed by atoms with Crippen LogP contribution in [0.15, 0.2) is 12.4 Å². The Labute approximate surface area is 139 Å². The lowest BCUT2D eigenvalue weighted by molar-refractivity contribution is 0.0407. The van der Waals surface area contributed by atoms with Crippen LogP contribution in [0.25, 0.3) is 0 Å². The van der Waals surface area contributed by atoms with E-state index in [0.29, 0.717) is 11.4 Å². The van der Waals surface area contributed by atoms with Crippen molar-refractivity contribution in [2.24, 2.45) is 0 Å². The zero-order chi connectivity index (χ0) is 17.9. The summed E-state index contributed by atoms with van der Waals surface area (Å²) in [6.45, 7) is -1.16. The Balaban J connectivity index is 2.57. The van der Waals surface area contributed by atoms with Gasteiger partial charge in [-0.2, -0.15) is 0 Å². The van der Waals surface area contributed by atoms with Gasteiger partial charge in [0.1, 0.15) is 0 Å². The van der Waals surface area contributed by atoms with Crippen molar-refractivity contribution >= 4 is 0 Å². The molecule has 0 spiro atoms. The Morgan fingerprint density at radius 2 is 1.17 bits per heavy atom. The lowest BCUT2D eigenvalue weighted by Crippen LogP contribution is -2.44. The quantitative estimate of drug-likeness (QED) is 0.187. The molecule has 0 saturated carbocycles. The summed E-state index contributed by atoms with van der Waals surface area (Å²) in [4.78, 5) is 8.35. The van der Waals surface area contributed by atoms with Gasteiger partial charge in [-0.1, -0.05) is 0 Å². The lowest BCUT2D eigenvalue weighted by Gasteiger charge is -2.21. The fourth-order valence-corrected chi connectivity index (χ4v) is 1.99. The van der Waals surface area contributed by atoms with E-state index in [9.17, 15) is 10.2 Å². The van der Waals surface area contributed by atoms with Gasteiger partial charge >= 0.3 is 0 Å². The highest BCUT2D eigenvalue weighted by atomic mass is 16.3. The molecule has 138 valence electrons. The molecule has 0 aliphatic carbocycles. The first kappa shape index (κ1) is 20.8. The zero-order valence-electron chi connectivity index (χ0n) is 13.3. The molecule has 4 unspecified atom stereocenters. The number of hydrogen-bond acceptors (Lipinski definition) is 10. The van der Waals surface area contributed by atoms with E-state index in [0.717, 1.165) is 0 Å². The molecule has 0 saturated heterocycles. The van der Waals surface area contributed by atoms with Crippen LogP contribution in [0.2, 0.25) is 0 Å². The standard InChI is InChI=1S/C14H26N4O6/c19-5-11(13(23)7-21)16-3-9-1-15-2-10(18-9)4-17-12(6-20)14(24)8-22/h1-2,11-14,16-17,19-24H,3-8H2. The molecule has 24 heavy (non-hydrogen) atoms. The number of aliphatic hydroxyl groups is 6. The number of nitrogens with one attached hydrogen (secondary N) is 2. The van der Waals surface area contributed by atoms with E-state index in [2.05, 4.69) is 20.6 Å². The molecule has 0 aliphatic rings. The van der Waals surface area contributed by atoms with Crippen molar-refractivity contribution in [3.63, 3.8) is 0 Å². The van der Waals surface area contributed by atoms with Crippen LogP contribution in [-0.4, -0.2) is 91.3 Å². The lowest BCUT2D eigenvalue weighted by atomic mass is 10.2. The first-order valence-corrected chi connectivity index (χ1v) is 7.61. The monoisotopic (exact) mass is 346 g/mol. The summed E-state index contributed by atoms with van der Waals surface area (Å²) < 4.78 is 0. The van der Waals surface area contributed by atoms with E-state index in [4.69, 9.17) is 20.4 Å². The topological polar surface area (TPSA) is 171 Å². The maximum Gasteiger partial charge on any atom is 0.0945 e. The molecule has 1 heterocycles. The fraction of sp³-hybridized carbons (Fsp3) is 0.714. The van der Waals surface area contributed by atoms with Crippen molar-refractivity contribution in [3.8, 4) is 0 Å². The van der Waals surface area contributed by atoms with Crippen molar-refractivity contribution in [1.82, 2.24) is 20.6 Å². The summed E-state index contributed by atoms with van der Waals surface area (Å²) in [7, 11) is 0. The molecule has 1 rings (SSSR count). The molecule has 0 aromatic carbocycles. The van der Waals surface area contributed by atoms with Crippen LogP contribution < -0.4 is 10.6 Å². The van der Waals surface area contributed by atoms with Crippen molar-refractivity contribution < 1.29 is 30.6 Å². The molecule has 8 N–H and O–H groups in total. The van der Waals surface area contributed by atoms with E-state index in [1.807, 2.05) is 0 Å². The number of aliphatic hydroxyl groups excluding tert-OH is 6. The molecule has 10 heteroatoms. The third kappa shape index (κ3) is 6.71.